The van der Waals surface area contributed by atoms with Crippen LogP contribution in [0.15, 0.2) is 36.4 Å². The summed E-state index contributed by atoms with van der Waals surface area (Å²) in [5.74, 6) is -0.948. The Morgan fingerprint density at radius 3 is 1.93 bits per heavy atom. The van der Waals surface area contributed by atoms with Crippen molar-refractivity contribution in [3.05, 3.63) is 64.2 Å². The van der Waals surface area contributed by atoms with Gasteiger partial charge < -0.3 is 14.7 Å². The Kier molecular flexibility index (Phi) is 9.60. The second-order valence-electron chi connectivity index (χ2n) is 11.4. The second-order valence-corrected chi connectivity index (χ2v) is 11.4. The van der Waals surface area contributed by atoms with Crippen molar-refractivity contribution in [1.82, 2.24) is 4.90 Å². The van der Waals surface area contributed by atoms with Crippen LogP contribution in [0, 0.1) is 5.92 Å². The number of carboxylic acid groups (broad SMARTS) is 1. The topological polar surface area (TPSA) is 70.1 Å². The summed E-state index contributed by atoms with van der Waals surface area (Å²) in [6, 6.07) is 2.62. The van der Waals surface area contributed by atoms with Crippen LogP contribution in [0.5, 0.6) is 0 Å². The molecule has 248 valence electrons. The van der Waals surface area contributed by atoms with Crippen LogP contribution in [-0.2, 0) is 34.6 Å². The average molecular weight is 655 g/mol. The van der Waals surface area contributed by atoms with E-state index in [1.54, 1.807) is 6.92 Å². The van der Waals surface area contributed by atoms with Crippen LogP contribution in [-0.4, -0.2) is 40.7 Å². The molecule has 45 heavy (non-hydrogen) atoms. The number of aliphatic carboxylic acids is 1. The summed E-state index contributed by atoms with van der Waals surface area (Å²) in [6.45, 7) is 3.02. The fourth-order valence-electron chi connectivity index (χ4n) is 6.19. The quantitative estimate of drug-likeness (QED) is 0.289. The number of cyclic esters (lactones) is 1. The zero-order valence-electron chi connectivity index (χ0n) is 24.2. The van der Waals surface area contributed by atoms with E-state index in [1.807, 2.05) is 4.90 Å². The Morgan fingerprint density at radius 1 is 0.889 bits per heavy atom. The first-order chi connectivity index (χ1) is 20.8. The molecule has 1 saturated carbocycles. The summed E-state index contributed by atoms with van der Waals surface area (Å²) < 4.78 is 127. The van der Waals surface area contributed by atoms with Crippen molar-refractivity contribution in [2.45, 2.75) is 89.2 Å². The van der Waals surface area contributed by atoms with Gasteiger partial charge in [0.2, 0.25) is 0 Å². The van der Waals surface area contributed by atoms with Crippen LogP contribution in [0.25, 0.3) is 0 Å². The Bertz CT molecular complexity index is 1370. The van der Waals surface area contributed by atoms with Gasteiger partial charge in [-0.15, -0.1) is 0 Å². The summed E-state index contributed by atoms with van der Waals surface area (Å²) in [5, 5.41) is 9.12. The molecule has 15 heteroatoms. The number of carbonyl (C=O) groups is 2. The van der Waals surface area contributed by atoms with Crippen molar-refractivity contribution in [3.63, 3.8) is 0 Å². The highest BCUT2D eigenvalue weighted by Crippen LogP contribution is 2.43. The van der Waals surface area contributed by atoms with Gasteiger partial charge in [0.15, 0.2) is 0 Å². The number of amides is 1. The Morgan fingerprint density at radius 2 is 1.44 bits per heavy atom. The van der Waals surface area contributed by atoms with Crippen molar-refractivity contribution in [2.24, 2.45) is 5.92 Å². The normalized spacial score (nSPS) is 22.8. The van der Waals surface area contributed by atoms with Gasteiger partial charge in [-0.25, -0.2) is 4.79 Å². The molecule has 0 aromatic heterocycles. The van der Waals surface area contributed by atoms with Gasteiger partial charge in [0.1, 0.15) is 6.10 Å². The fourth-order valence-corrected chi connectivity index (χ4v) is 6.19. The predicted molar refractivity (Wildman–Crippen MR) is 143 cm³/mol. The van der Waals surface area contributed by atoms with E-state index in [9.17, 15) is 49.1 Å². The third-order valence-corrected chi connectivity index (χ3v) is 8.45. The Hall–Kier alpha value is -3.65. The summed E-state index contributed by atoms with van der Waals surface area (Å²) in [4.78, 5) is 27.0. The maximum absolute atomic E-state index is 13.8. The van der Waals surface area contributed by atoms with Gasteiger partial charge in [-0.05, 0) is 93.0 Å². The molecule has 2 atom stereocenters. The van der Waals surface area contributed by atoms with Crippen LogP contribution in [0.2, 0.25) is 0 Å². The maximum atomic E-state index is 13.8. The number of carbonyl (C=O) groups excluding carboxylic acids is 1. The van der Waals surface area contributed by atoms with E-state index in [0.717, 1.165) is 17.0 Å². The van der Waals surface area contributed by atoms with Crippen LogP contribution >= 0.6 is 0 Å². The van der Waals surface area contributed by atoms with Gasteiger partial charge in [0.05, 0.1) is 29.3 Å². The first-order valence-corrected chi connectivity index (χ1v) is 14.2. The summed E-state index contributed by atoms with van der Waals surface area (Å²) in [7, 11) is 0. The molecule has 2 aromatic rings. The SMILES string of the molecule is CCN(c1ccc(C(F)(F)F)cc1CN1C(=O)O[C@H](c2cc(C(F)(F)F)cc(C(F)(F)F)c2)[C@@H]1C)C1CCC(CC(=O)O)CC1. The Labute approximate surface area is 252 Å². The molecule has 1 aliphatic heterocycles. The minimum atomic E-state index is -5.13. The molecule has 0 bridgehead atoms. The largest absolute Gasteiger partial charge is 0.481 e. The first kappa shape index (κ1) is 34.2. The van der Waals surface area contributed by atoms with E-state index in [0.29, 0.717) is 50.0 Å². The number of benzene rings is 2. The molecular weight excluding hydrogens is 623 g/mol. The number of carboxylic acids is 1. The molecule has 0 radical (unpaired) electrons. The fraction of sp³-hybridized carbons (Fsp3) is 0.533. The average Bonchev–Trinajstić information content (AvgIpc) is 3.21. The second kappa shape index (κ2) is 12.6. The third kappa shape index (κ3) is 7.78. The minimum Gasteiger partial charge on any atom is -0.481 e. The number of hydrogen-bond donors (Lipinski definition) is 1. The molecule has 1 saturated heterocycles. The van der Waals surface area contributed by atoms with Gasteiger partial charge in [-0.3, -0.25) is 9.69 Å². The lowest BCUT2D eigenvalue weighted by atomic mass is 9.83. The van der Waals surface area contributed by atoms with Gasteiger partial charge in [0.25, 0.3) is 0 Å². The molecular formula is C30H31F9N2O4. The highest BCUT2D eigenvalue weighted by molar-refractivity contribution is 5.72. The summed E-state index contributed by atoms with van der Waals surface area (Å²) in [5.41, 5.74) is -4.32. The number of nitrogens with zero attached hydrogens (tertiary/aromatic N) is 2. The molecule has 1 aliphatic carbocycles. The third-order valence-electron chi connectivity index (χ3n) is 8.45. The standard InChI is InChI=1S/C30H31F9N2O4/c1-3-40(23-7-4-17(5-8-23)10-25(42)43)24-9-6-20(28(31,32)33)13-19(24)15-41-16(2)26(45-27(41)44)18-11-21(29(34,35)36)14-22(12-18)30(37,38)39/h6,9,11-14,16-17,23,26H,3-5,7-8,10,15H2,1-2H3,(H,42,43)/t16-,17?,23?,26-/m0/s1. The highest BCUT2D eigenvalue weighted by Gasteiger charge is 2.44. The van der Waals surface area contributed by atoms with Crippen molar-refractivity contribution < 1.29 is 58.9 Å². The van der Waals surface area contributed by atoms with Crippen molar-refractivity contribution in [1.29, 1.82) is 0 Å². The minimum absolute atomic E-state index is 0.0108. The molecule has 1 heterocycles. The molecule has 1 N–H and O–H groups in total. The lowest BCUT2D eigenvalue weighted by molar-refractivity contribution is -0.143. The van der Waals surface area contributed by atoms with Gasteiger partial charge in [-0.2, -0.15) is 39.5 Å². The highest BCUT2D eigenvalue weighted by atomic mass is 19.4. The van der Waals surface area contributed by atoms with E-state index in [-0.39, 0.29) is 30.0 Å². The molecule has 2 aromatic carbocycles. The van der Waals surface area contributed by atoms with Crippen LogP contribution in [0.1, 0.15) is 79.9 Å². The molecule has 2 fully saturated rings. The Balaban J connectivity index is 1.67. The number of hydrogen-bond acceptors (Lipinski definition) is 4. The van der Waals surface area contributed by atoms with E-state index in [1.165, 1.54) is 13.0 Å². The molecule has 6 nitrogen and oxygen atoms in total. The van der Waals surface area contributed by atoms with Crippen LogP contribution in [0.4, 0.5) is 50.0 Å². The van der Waals surface area contributed by atoms with E-state index >= 15 is 0 Å². The number of rotatable bonds is 8. The van der Waals surface area contributed by atoms with E-state index < -0.39 is 71.5 Å². The number of ether oxygens (including phenoxy) is 1. The van der Waals surface area contributed by atoms with Crippen LogP contribution < -0.4 is 4.90 Å². The zero-order valence-corrected chi connectivity index (χ0v) is 24.2. The van der Waals surface area contributed by atoms with Gasteiger partial charge in [-0.1, -0.05) is 0 Å². The monoisotopic (exact) mass is 654 g/mol. The van der Waals surface area contributed by atoms with Crippen molar-refractivity contribution in [3.8, 4) is 0 Å². The first-order valence-electron chi connectivity index (χ1n) is 14.2. The van der Waals surface area contributed by atoms with Crippen LogP contribution in [0.3, 0.4) is 0 Å². The molecule has 2 aliphatic rings. The number of alkyl halides is 9. The van der Waals surface area contributed by atoms with Gasteiger partial charge in [0, 0.05) is 24.7 Å². The van der Waals surface area contributed by atoms with Crippen molar-refractivity contribution >= 4 is 17.7 Å². The van der Waals surface area contributed by atoms with Gasteiger partial charge >= 0.3 is 30.6 Å². The lowest BCUT2D eigenvalue weighted by Gasteiger charge is -2.39. The van der Waals surface area contributed by atoms with E-state index in [2.05, 4.69) is 0 Å². The predicted octanol–water partition coefficient (Wildman–Crippen LogP) is 8.68. The van der Waals surface area contributed by atoms with Crippen molar-refractivity contribution in [2.75, 3.05) is 11.4 Å². The number of halogens is 9. The lowest BCUT2D eigenvalue weighted by Crippen LogP contribution is -2.40. The smallest absolute Gasteiger partial charge is 0.416 e. The van der Waals surface area contributed by atoms with E-state index in [4.69, 9.17) is 9.84 Å². The summed E-state index contributed by atoms with van der Waals surface area (Å²) >= 11 is 0. The zero-order chi connectivity index (χ0) is 33.5. The maximum Gasteiger partial charge on any atom is 0.416 e. The molecule has 1 amide bonds. The molecule has 0 unspecified atom stereocenters. The summed E-state index contributed by atoms with van der Waals surface area (Å²) in [6.07, 6.45) is -15.3. The molecule has 0 spiro atoms. The number of anilines is 1. The molecule has 4 rings (SSSR count).